The quantitative estimate of drug-likeness (QED) is 0.683. The van der Waals surface area contributed by atoms with Crippen molar-refractivity contribution in [3.05, 3.63) is 77.9 Å². The molecule has 2 heterocycles. The van der Waals surface area contributed by atoms with E-state index in [1.807, 2.05) is 47.5 Å². The molecule has 144 valence electrons. The summed E-state index contributed by atoms with van der Waals surface area (Å²) in [6, 6.07) is 15.0. The predicted molar refractivity (Wildman–Crippen MR) is 107 cm³/mol. The zero-order valence-corrected chi connectivity index (χ0v) is 15.9. The first kappa shape index (κ1) is 18.2. The molecular weight excluding hydrogens is 355 g/mol. The normalized spacial score (nSPS) is 13.3. The highest BCUT2D eigenvalue weighted by atomic mass is 19.1. The van der Waals surface area contributed by atoms with Crippen molar-refractivity contribution in [3.8, 4) is 5.69 Å². The first-order valence-corrected chi connectivity index (χ1v) is 9.47. The summed E-state index contributed by atoms with van der Waals surface area (Å²) in [5, 5.41) is 4.37. The van der Waals surface area contributed by atoms with E-state index in [1.165, 1.54) is 6.07 Å². The molecule has 0 bridgehead atoms. The fraction of sp³-hybridized carbons (Fsp3) is 0.273. The third kappa shape index (κ3) is 3.76. The minimum absolute atomic E-state index is 0.0384. The third-order valence-electron chi connectivity index (χ3n) is 5.09. The van der Waals surface area contributed by atoms with Crippen LogP contribution in [0.25, 0.3) is 5.69 Å². The summed E-state index contributed by atoms with van der Waals surface area (Å²) in [7, 11) is 1.77. The Kier molecular flexibility index (Phi) is 5.10. The number of carbonyl (C=O) groups is 1. The number of anilines is 1. The summed E-state index contributed by atoms with van der Waals surface area (Å²) < 4.78 is 16.1. The lowest BCUT2D eigenvalue weighted by Gasteiger charge is -2.32. The van der Waals surface area contributed by atoms with Gasteiger partial charge >= 0.3 is 0 Å². The summed E-state index contributed by atoms with van der Waals surface area (Å²) in [6.07, 6.45) is 5.48. The number of nitrogens with zero attached hydrogens (tertiary/aromatic N) is 4. The Morgan fingerprint density at radius 2 is 2.00 bits per heavy atom. The number of likely N-dealkylation sites (N-methyl/N-ethyl adjacent to an activating group) is 1. The van der Waals surface area contributed by atoms with Crippen LogP contribution in [0.4, 0.5) is 10.1 Å². The Morgan fingerprint density at radius 1 is 1.18 bits per heavy atom. The molecule has 28 heavy (non-hydrogen) atoms. The van der Waals surface area contributed by atoms with Crippen LogP contribution in [0, 0.1) is 5.82 Å². The smallest absolute Gasteiger partial charge is 0.242 e. The molecule has 1 aliphatic heterocycles. The van der Waals surface area contributed by atoms with Gasteiger partial charge in [0.25, 0.3) is 0 Å². The van der Waals surface area contributed by atoms with Crippen LogP contribution in [0.1, 0.15) is 17.5 Å². The minimum Gasteiger partial charge on any atom is -0.360 e. The Labute approximate surface area is 164 Å². The van der Waals surface area contributed by atoms with Crippen molar-refractivity contribution in [1.82, 2.24) is 14.7 Å². The van der Waals surface area contributed by atoms with Gasteiger partial charge < -0.3 is 9.80 Å². The highest BCUT2D eigenvalue weighted by molar-refractivity contribution is 5.82. The fourth-order valence-corrected chi connectivity index (χ4v) is 3.66. The molecule has 0 N–H and O–H groups in total. The number of para-hydroxylation sites is 2. The Morgan fingerprint density at radius 3 is 2.82 bits per heavy atom. The molecule has 0 unspecified atom stereocenters. The van der Waals surface area contributed by atoms with Gasteiger partial charge in [-0.15, -0.1) is 0 Å². The molecule has 1 aliphatic rings. The zero-order valence-electron chi connectivity index (χ0n) is 15.9. The molecule has 0 saturated carbocycles. The maximum absolute atomic E-state index is 14.3. The summed E-state index contributed by atoms with van der Waals surface area (Å²) >= 11 is 0. The topological polar surface area (TPSA) is 41.4 Å². The molecule has 2 aromatic carbocycles. The standard InChI is InChI=1S/C22H23FN4O/c1-25(14-17-13-24-27(15-17)19-9-3-2-4-10-19)21(28)16-26-12-6-8-18-7-5-11-20(23)22(18)26/h2-5,7,9-11,13,15H,6,8,12,14,16H2,1H3. The fourth-order valence-electron chi connectivity index (χ4n) is 3.66. The average molecular weight is 378 g/mol. The Balaban J connectivity index is 1.42. The molecule has 0 fully saturated rings. The van der Waals surface area contributed by atoms with Crippen LogP contribution < -0.4 is 4.90 Å². The van der Waals surface area contributed by atoms with Crippen molar-refractivity contribution in [2.45, 2.75) is 19.4 Å². The van der Waals surface area contributed by atoms with Gasteiger partial charge in [-0.3, -0.25) is 4.79 Å². The van der Waals surface area contributed by atoms with E-state index in [0.717, 1.165) is 29.7 Å². The van der Waals surface area contributed by atoms with Gasteiger partial charge in [-0.1, -0.05) is 30.3 Å². The number of benzene rings is 2. The monoisotopic (exact) mass is 378 g/mol. The molecule has 0 atom stereocenters. The number of hydrogen-bond acceptors (Lipinski definition) is 3. The van der Waals surface area contributed by atoms with Crippen LogP contribution in [0.3, 0.4) is 0 Å². The Hall–Kier alpha value is -3.15. The summed E-state index contributed by atoms with van der Waals surface area (Å²) in [6.45, 7) is 1.33. The molecule has 0 aliphatic carbocycles. The van der Waals surface area contributed by atoms with Crippen molar-refractivity contribution < 1.29 is 9.18 Å². The van der Waals surface area contributed by atoms with Gasteiger partial charge in [0.2, 0.25) is 5.91 Å². The van der Waals surface area contributed by atoms with Gasteiger partial charge in [0.15, 0.2) is 0 Å². The highest BCUT2D eigenvalue weighted by Gasteiger charge is 2.23. The van der Waals surface area contributed by atoms with E-state index in [0.29, 0.717) is 18.8 Å². The van der Waals surface area contributed by atoms with Crippen LogP contribution in [0.2, 0.25) is 0 Å². The summed E-state index contributed by atoms with van der Waals surface area (Å²) in [5.41, 5.74) is 3.48. The van der Waals surface area contributed by atoms with Crippen LogP contribution >= 0.6 is 0 Å². The molecular formula is C22H23FN4O. The van der Waals surface area contributed by atoms with Crippen molar-refractivity contribution >= 4 is 11.6 Å². The molecule has 0 spiro atoms. The zero-order chi connectivity index (χ0) is 19.5. The van der Waals surface area contributed by atoms with Crippen LogP contribution in [-0.4, -0.2) is 40.7 Å². The Bertz CT molecular complexity index is 970. The molecule has 4 rings (SSSR count). The molecule has 3 aromatic rings. The van der Waals surface area contributed by atoms with E-state index >= 15 is 0 Å². The van der Waals surface area contributed by atoms with Gasteiger partial charge in [-0.05, 0) is 36.6 Å². The lowest BCUT2D eigenvalue weighted by molar-refractivity contribution is -0.129. The largest absolute Gasteiger partial charge is 0.360 e. The van der Waals surface area contributed by atoms with Crippen LogP contribution in [0.5, 0.6) is 0 Å². The van der Waals surface area contributed by atoms with Gasteiger partial charge in [-0.25, -0.2) is 9.07 Å². The number of hydrogen-bond donors (Lipinski definition) is 0. The lowest BCUT2D eigenvalue weighted by Crippen LogP contribution is -2.40. The number of aryl methyl sites for hydroxylation is 1. The number of amides is 1. The number of aromatic nitrogens is 2. The maximum Gasteiger partial charge on any atom is 0.242 e. The van der Waals surface area contributed by atoms with Crippen LogP contribution in [-0.2, 0) is 17.8 Å². The molecule has 5 nitrogen and oxygen atoms in total. The molecule has 0 radical (unpaired) electrons. The van der Waals surface area contributed by atoms with E-state index < -0.39 is 0 Å². The third-order valence-corrected chi connectivity index (χ3v) is 5.09. The summed E-state index contributed by atoms with van der Waals surface area (Å²) in [4.78, 5) is 16.3. The maximum atomic E-state index is 14.3. The first-order valence-electron chi connectivity index (χ1n) is 9.47. The predicted octanol–water partition coefficient (Wildman–Crippen LogP) is 3.42. The molecule has 1 amide bonds. The van der Waals surface area contributed by atoms with Gasteiger partial charge in [-0.2, -0.15) is 5.10 Å². The van der Waals surface area contributed by atoms with E-state index in [-0.39, 0.29) is 18.3 Å². The van der Waals surface area contributed by atoms with Crippen LogP contribution in [0.15, 0.2) is 60.9 Å². The second kappa shape index (κ2) is 7.84. The summed E-state index contributed by atoms with van der Waals surface area (Å²) in [5.74, 6) is -0.291. The SMILES string of the molecule is CN(Cc1cnn(-c2ccccc2)c1)C(=O)CN1CCCc2cccc(F)c21. The van der Waals surface area contributed by atoms with E-state index in [1.54, 1.807) is 28.9 Å². The molecule has 0 saturated heterocycles. The highest BCUT2D eigenvalue weighted by Crippen LogP contribution is 2.29. The van der Waals surface area contributed by atoms with Crippen molar-refractivity contribution in [2.75, 3.05) is 25.0 Å². The van der Waals surface area contributed by atoms with Gasteiger partial charge in [0.1, 0.15) is 5.82 Å². The number of rotatable bonds is 5. The molecule has 6 heteroatoms. The number of halogens is 1. The van der Waals surface area contributed by atoms with Gasteiger partial charge in [0.05, 0.1) is 24.1 Å². The minimum atomic E-state index is -0.253. The van der Waals surface area contributed by atoms with Crippen molar-refractivity contribution in [1.29, 1.82) is 0 Å². The van der Waals surface area contributed by atoms with Crippen molar-refractivity contribution in [3.63, 3.8) is 0 Å². The van der Waals surface area contributed by atoms with Crippen molar-refractivity contribution in [2.24, 2.45) is 0 Å². The van der Waals surface area contributed by atoms with E-state index in [4.69, 9.17) is 0 Å². The molecule has 1 aromatic heterocycles. The lowest BCUT2D eigenvalue weighted by atomic mass is 10.0. The number of carbonyl (C=O) groups excluding carboxylic acids is 1. The van der Waals surface area contributed by atoms with E-state index in [9.17, 15) is 9.18 Å². The number of fused-ring (bicyclic) bond motifs is 1. The van der Waals surface area contributed by atoms with Gasteiger partial charge in [0, 0.05) is 31.9 Å². The first-order chi connectivity index (χ1) is 13.6. The van der Waals surface area contributed by atoms with E-state index in [2.05, 4.69) is 5.10 Å². The second-order valence-electron chi connectivity index (χ2n) is 7.15. The average Bonchev–Trinajstić information content (AvgIpc) is 3.17. The second-order valence-corrected chi connectivity index (χ2v) is 7.15.